The second kappa shape index (κ2) is 5.93. The van der Waals surface area contributed by atoms with E-state index < -0.39 is 0 Å². The van der Waals surface area contributed by atoms with Crippen LogP contribution in [0.15, 0.2) is 54.6 Å². The Kier molecular flexibility index (Phi) is 3.60. The Bertz CT molecular complexity index is 1190. The first kappa shape index (κ1) is 17.0. The second-order valence-electron chi connectivity index (χ2n) is 8.51. The molecule has 0 atom stereocenters. The van der Waals surface area contributed by atoms with E-state index in [9.17, 15) is 4.79 Å². The van der Waals surface area contributed by atoms with Crippen molar-refractivity contribution in [3.8, 4) is 11.3 Å². The molecule has 2 aromatic rings. The van der Waals surface area contributed by atoms with Gasteiger partial charge in [0.05, 0.1) is 28.2 Å². The predicted octanol–water partition coefficient (Wildman–Crippen LogP) is 5.48. The van der Waals surface area contributed by atoms with Crippen molar-refractivity contribution in [3.05, 3.63) is 71.5 Å². The van der Waals surface area contributed by atoms with Crippen LogP contribution in [0.4, 0.5) is 5.69 Å². The Morgan fingerprint density at radius 2 is 1.68 bits per heavy atom. The Morgan fingerprint density at radius 1 is 0.964 bits per heavy atom. The van der Waals surface area contributed by atoms with E-state index in [2.05, 4.69) is 36.9 Å². The molecule has 0 bridgehead atoms. The summed E-state index contributed by atoms with van der Waals surface area (Å²) in [6.07, 6.45) is 1.38. The summed E-state index contributed by atoms with van der Waals surface area (Å²) in [4.78, 5) is 18.1. The minimum Gasteiger partial charge on any atom is -0.294 e. The summed E-state index contributed by atoms with van der Waals surface area (Å²) < 4.78 is 2.11. The Hall–Kier alpha value is -3.14. The average Bonchev–Trinajstić information content (AvgIpc) is 3.04. The van der Waals surface area contributed by atoms with Gasteiger partial charge in [-0.1, -0.05) is 50.2 Å². The van der Waals surface area contributed by atoms with Gasteiger partial charge in [-0.15, -0.1) is 0 Å². The third-order valence-electron chi connectivity index (χ3n) is 5.71. The lowest BCUT2D eigenvalue weighted by Crippen LogP contribution is -2.33. The van der Waals surface area contributed by atoms with Crippen molar-refractivity contribution in [2.75, 3.05) is 5.43 Å². The van der Waals surface area contributed by atoms with Gasteiger partial charge in [0.2, 0.25) is 0 Å². The van der Waals surface area contributed by atoms with Crippen molar-refractivity contribution in [1.29, 1.82) is 0 Å². The molecule has 0 unspecified atom stereocenters. The van der Waals surface area contributed by atoms with E-state index in [1.54, 1.807) is 0 Å². The summed E-state index contributed by atoms with van der Waals surface area (Å²) in [5.41, 5.74) is 10.2. The molecule has 0 spiro atoms. The van der Waals surface area contributed by atoms with Crippen LogP contribution in [0.25, 0.3) is 22.2 Å². The van der Waals surface area contributed by atoms with Gasteiger partial charge in [0.1, 0.15) is 0 Å². The minimum atomic E-state index is -0.0731. The largest absolute Gasteiger partial charge is 0.294 e. The fourth-order valence-corrected chi connectivity index (χ4v) is 4.49. The molecule has 0 radical (unpaired) electrons. The van der Waals surface area contributed by atoms with Gasteiger partial charge in [-0.25, -0.2) is 4.98 Å². The molecular weight excluding hydrogens is 346 g/mol. The smallest absolute Gasteiger partial charge is 0.167 e. The monoisotopic (exact) mass is 369 g/mol. The number of aromatic nitrogens is 2. The fourth-order valence-electron chi connectivity index (χ4n) is 4.49. The minimum absolute atomic E-state index is 0.0731. The van der Waals surface area contributed by atoms with Gasteiger partial charge in [0, 0.05) is 23.1 Å². The number of ketones is 1. The Balaban J connectivity index is 1.86. The summed E-state index contributed by atoms with van der Waals surface area (Å²) in [5, 5.41) is 1.10. The highest BCUT2D eigenvalue weighted by Gasteiger charge is 2.38. The highest BCUT2D eigenvalue weighted by molar-refractivity contribution is 6.10. The van der Waals surface area contributed by atoms with E-state index in [1.807, 2.05) is 48.5 Å². The summed E-state index contributed by atoms with van der Waals surface area (Å²) in [6.45, 7) is 6.43. The molecule has 140 valence electrons. The van der Waals surface area contributed by atoms with E-state index >= 15 is 0 Å². The Labute approximate surface area is 164 Å². The maximum atomic E-state index is 13.2. The van der Waals surface area contributed by atoms with Crippen LogP contribution < -0.4 is 5.43 Å². The van der Waals surface area contributed by atoms with E-state index in [0.717, 1.165) is 51.2 Å². The summed E-state index contributed by atoms with van der Waals surface area (Å²) >= 11 is 0. The lowest BCUT2D eigenvalue weighted by Gasteiger charge is -2.34. The van der Waals surface area contributed by atoms with Gasteiger partial charge in [-0.3, -0.25) is 14.9 Å². The number of rotatable bonds is 2. The molecular formula is C24H23N3O. The van der Waals surface area contributed by atoms with Crippen molar-refractivity contribution in [2.45, 2.75) is 33.6 Å². The first-order valence-corrected chi connectivity index (χ1v) is 9.72. The SMILES string of the molecule is Cc1c2c3ccccc3nc-2c2c(n1Nc1ccccc1)CC(C)(C)CC2=O. The molecule has 0 saturated carbocycles. The number of pyridine rings is 1. The van der Waals surface area contributed by atoms with E-state index in [0.29, 0.717) is 6.42 Å². The van der Waals surface area contributed by atoms with Gasteiger partial charge >= 0.3 is 0 Å². The highest BCUT2D eigenvalue weighted by atomic mass is 16.1. The van der Waals surface area contributed by atoms with Crippen LogP contribution >= 0.6 is 0 Å². The van der Waals surface area contributed by atoms with Gasteiger partial charge in [-0.2, -0.15) is 0 Å². The second-order valence-corrected chi connectivity index (χ2v) is 8.51. The molecule has 1 aliphatic carbocycles. The number of carbonyl (C=O) groups excluding carboxylic acids is 1. The predicted molar refractivity (Wildman–Crippen MR) is 113 cm³/mol. The highest BCUT2D eigenvalue weighted by Crippen LogP contribution is 2.44. The summed E-state index contributed by atoms with van der Waals surface area (Å²) in [5.74, 6) is 0.183. The number of nitrogens with zero attached hydrogens (tertiary/aromatic N) is 2. The van der Waals surface area contributed by atoms with Gasteiger partial charge < -0.3 is 0 Å². The van der Waals surface area contributed by atoms with Crippen molar-refractivity contribution < 1.29 is 4.79 Å². The molecule has 0 saturated heterocycles. The average molecular weight is 369 g/mol. The molecule has 3 aliphatic rings. The third-order valence-corrected chi connectivity index (χ3v) is 5.71. The van der Waals surface area contributed by atoms with Crippen LogP contribution in [0, 0.1) is 12.3 Å². The van der Waals surface area contributed by atoms with Crippen molar-refractivity contribution in [1.82, 2.24) is 9.66 Å². The number of anilines is 1. The van der Waals surface area contributed by atoms with Crippen LogP contribution in [-0.4, -0.2) is 15.4 Å². The van der Waals surface area contributed by atoms with E-state index in [1.165, 1.54) is 0 Å². The standard InChI is InChI=1S/C24H23N3O/c1-15-21-17-11-7-8-12-18(17)25-23(21)22-19(13-24(2,3)14-20(22)28)27(15)26-16-9-5-4-6-10-16/h4-12,26H,13-14H2,1-3H3. The molecule has 0 fully saturated rings. The number of carbonyl (C=O) groups is 1. The zero-order valence-electron chi connectivity index (χ0n) is 16.4. The molecule has 0 aromatic heterocycles. The number of nitrogens with one attached hydrogen (secondary N) is 1. The van der Waals surface area contributed by atoms with Crippen molar-refractivity contribution in [2.24, 2.45) is 5.41 Å². The summed E-state index contributed by atoms with van der Waals surface area (Å²) in [6, 6.07) is 18.2. The van der Waals surface area contributed by atoms with Gasteiger partial charge in [0.15, 0.2) is 5.78 Å². The number of Topliss-reactive ketones (excluding diaryl/α,β-unsaturated/α-hetero) is 1. The van der Waals surface area contributed by atoms with Crippen LogP contribution in [0.5, 0.6) is 0 Å². The van der Waals surface area contributed by atoms with Crippen LogP contribution in [0.3, 0.4) is 0 Å². The summed E-state index contributed by atoms with van der Waals surface area (Å²) in [7, 11) is 0. The normalized spacial score (nSPS) is 15.8. The number of benzene rings is 2. The molecule has 2 aromatic carbocycles. The van der Waals surface area contributed by atoms with E-state index in [4.69, 9.17) is 4.98 Å². The number of fused-ring (bicyclic) bond motifs is 5. The van der Waals surface area contributed by atoms with Crippen LogP contribution in [-0.2, 0) is 6.42 Å². The molecule has 0 amide bonds. The quantitative estimate of drug-likeness (QED) is 0.509. The molecule has 2 heterocycles. The topological polar surface area (TPSA) is 46.9 Å². The van der Waals surface area contributed by atoms with E-state index in [-0.39, 0.29) is 11.2 Å². The zero-order valence-corrected chi connectivity index (χ0v) is 16.4. The van der Waals surface area contributed by atoms with Gasteiger partial charge in [0.25, 0.3) is 0 Å². The number of para-hydroxylation sites is 2. The number of hydrogen-bond donors (Lipinski definition) is 1. The lowest BCUT2D eigenvalue weighted by molar-refractivity contribution is 0.0909. The molecule has 2 aliphatic heterocycles. The third kappa shape index (κ3) is 2.52. The fraction of sp³-hybridized carbons (Fsp3) is 0.250. The lowest BCUT2D eigenvalue weighted by atomic mass is 9.74. The zero-order chi connectivity index (χ0) is 19.5. The Morgan fingerprint density at radius 3 is 2.46 bits per heavy atom. The molecule has 28 heavy (non-hydrogen) atoms. The molecule has 5 rings (SSSR count). The maximum Gasteiger partial charge on any atom is 0.167 e. The van der Waals surface area contributed by atoms with Crippen molar-refractivity contribution in [3.63, 3.8) is 0 Å². The van der Waals surface area contributed by atoms with Crippen LogP contribution in [0.1, 0.15) is 42.0 Å². The molecule has 4 nitrogen and oxygen atoms in total. The van der Waals surface area contributed by atoms with Gasteiger partial charge in [-0.05, 0) is 37.0 Å². The number of hydrogen-bond acceptors (Lipinski definition) is 3. The maximum absolute atomic E-state index is 13.2. The first-order chi connectivity index (χ1) is 13.4. The van der Waals surface area contributed by atoms with Crippen LogP contribution in [0.2, 0.25) is 0 Å². The molecule has 1 N–H and O–H groups in total. The van der Waals surface area contributed by atoms with Crippen molar-refractivity contribution >= 4 is 22.4 Å². The first-order valence-electron chi connectivity index (χ1n) is 9.72. The molecule has 4 heteroatoms.